The van der Waals surface area contributed by atoms with E-state index in [1.165, 1.54) is 32.1 Å². The Bertz CT molecular complexity index is 425. The van der Waals surface area contributed by atoms with Crippen LogP contribution in [0.15, 0.2) is 18.2 Å². The topological polar surface area (TPSA) is 15.3 Å². The van der Waals surface area contributed by atoms with Crippen molar-refractivity contribution < 1.29 is 4.39 Å². The van der Waals surface area contributed by atoms with Gasteiger partial charge in [-0.1, -0.05) is 32.3 Å². The van der Waals surface area contributed by atoms with Gasteiger partial charge in [-0.2, -0.15) is 0 Å². The minimum Gasteiger partial charge on any atom is -0.371 e. The molecule has 1 atom stereocenters. The Morgan fingerprint density at radius 2 is 1.81 bits per heavy atom. The van der Waals surface area contributed by atoms with Crippen molar-refractivity contribution in [1.29, 1.82) is 0 Å². The molecule has 118 valence electrons. The van der Waals surface area contributed by atoms with Gasteiger partial charge in [0, 0.05) is 30.4 Å². The second-order valence-electron chi connectivity index (χ2n) is 6.10. The van der Waals surface area contributed by atoms with Crippen LogP contribution in [0.5, 0.6) is 0 Å². The first-order chi connectivity index (χ1) is 10.2. The summed E-state index contributed by atoms with van der Waals surface area (Å²) in [5, 5.41) is 3.43. The van der Waals surface area contributed by atoms with Crippen LogP contribution >= 0.6 is 0 Å². The van der Waals surface area contributed by atoms with E-state index in [1.54, 1.807) is 6.07 Å². The third-order valence-electron chi connectivity index (χ3n) is 4.36. The zero-order chi connectivity index (χ0) is 15.1. The van der Waals surface area contributed by atoms with Gasteiger partial charge in [-0.15, -0.1) is 0 Å². The molecule has 0 bridgehead atoms. The van der Waals surface area contributed by atoms with Gasteiger partial charge in [-0.05, 0) is 44.9 Å². The van der Waals surface area contributed by atoms with Crippen LogP contribution in [0.1, 0.15) is 64.0 Å². The van der Waals surface area contributed by atoms with Gasteiger partial charge in [0.25, 0.3) is 0 Å². The first-order valence-corrected chi connectivity index (χ1v) is 8.50. The third-order valence-corrected chi connectivity index (χ3v) is 4.36. The lowest BCUT2D eigenvalue weighted by Crippen LogP contribution is -2.30. The maximum absolute atomic E-state index is 14.4. The fraction of sp³-hybridized carbons (Fsp3) is 0.667. The predicted molar refractivity (Wildman–Crippen MR) is 88.4 cm³/mol. The molecular weight excluding hydrogens is 263 g/mol. The highest BCUT2D eigenvalue weighted by molar-refractivity contribution is 5.55. The minimum absolute atomic E-state index is 0.0617. The molecule has 1 fully saturated rings. The number of hydrogen-bond acceptors (Lipinski definition) is 2. The molecule has 1 aliphatic heterocycles. The monoisotopic (exact) mass is 292 g/mol. The third kappa shape index (κ3) is 4.44. The quantitative estimate of drug-likeness (QED) is 0.849. The summed E-state index contributed by atoms with van der Waals surface area (Å²) in [5.41, 5.74) is 1.93. The lowest BCUT2D eigenvalue weighted by atomic mass is 10.0. The lowest BCUT2D eigenvalue weighted by Gasteiger charge is -2.31. The van der Waals surface area contributed by atoms with Crippen LogP contribution < -0.4 is 10.2 Å². The molecule has 1 heterocycles. The Labute approximate surface area is 128 Å². The summed E-state index contributed by atoms with van der Waals surface area (Å²) in [7, 11) is 0. The summed E-state index contributed by atoms with van der Waals surface area (Å²) in [5.74, 6) is -0.0781. The van der Waals surface area contributed by atoms with Crippen molar-refractivity contribution in [3.63, 3.8) is 0 Å². The van der Waals surface area contributed by atoms with Crippen LogP contribution in [0.3, 0.4) is 0 Å². The molecule has 0 radical (unpaired) electrons. The number of nitrogens with zero attached hydrogens (tertiary/aromatic N) is 1. The van der Waals surface area contributed by atoms with E-state index in [0.717, 1.165) is 37.3 Å². The second-order valence-corrected chi connectivity index (χ2v) is 6.10. The minimum atomic E-state index is -0.0781. The molecule has 2 nitrogen and oxygen atoms in total. The molecule has 0 saturated carbocycles. The standard InChI is InChI=1S/C18H29FN2/c1-3-12-20-15(2)18-16(19)10-9-11-17(18)21-13-7-5-4-6-8-14-21/h9-11,15,20H,3-8,12-14H2,1-2H3. The summed E-state index contributed by atoms with van der Waals surface area (Å²) < 4.78 is 14.4. The molecule has 1 unspecified atom stereocenters. The Morgan fingerprint density at radius 3 is 2.48 bits per heavy atom. The van der Waals surface area contributed by atoms with Gasteiger partial charge in [-0.25, -0.2) is 4.39 Å². The average Bonchev–Trinajstić information content (AvgIpc) is 2.44. The van der Waals surface area contributed by atoms with Gasteiger partial charge in [0.2, 0.25) is 0 Å². The van der Waals surface area contributed by atoms with Crippen molar-refractivity contribution in [2.75, 3.05) is 24.5 Å². The maximum Gasteiger partial charge on any atom is 0.130 e. The van der Waals surface area contributed by atoms with E-state index in [0.29, 0.717) is 0 Å². The van der Waals surface area contributed by atoms with Crippen LogP contribution in [0.2, 0.25) is 0 Å². The van der Waals surface area contributed by atoms with Crippen LogP contribution in [-0.2, 0) is 0 Å². The molecule has 1 aromatic rings. The molecular formula is C18H29FN2. The van der Waals surface area contributed by atoms with Crippen molar-refractivity contribution in [2.24, 2.45) is 0 Å². The van der Waals surface area contributed by atoms with E-state index in [9.17, 15) is 4.39 Å². The summed E-state index contributed by atoms with van der Waals surface area (Å²) >= 11 is 0. The van der Waals surface area contributed by atoms with Crippen molar-refractivity contribution in [3.8, 4) is 0 Å². The predicted octanol–water partition coefficient (Wildman–Crippen LogP) is 4.66. The van der Waals surface area contributed by atoms with E-state index in [1.807, 2.05) is 6.07 Å². The van der Waals surface area contributed by atoms with Gasteiger partial charge in [0.05, 0.1) is 0 Å². The van der Waals surface area contributed by atoms with Gasteiger partial charge >= 0.3 is 0 Å². The normalized spacial score (nSPS) is 18.1. The fourth-order valence-corrected chi connectivity index (χ4v) is 3.18. The highest BCUT2D eigenvalue weighted by Gasteiger charge is 2.19. The average molecular weight is 292 g/mol. The van der Waals surface area contributed by atoms with Gasteiger partial charge in [0.1, 0.15) is 5.82 Å². The number of benzene rings is 1. The molecule has 0 amide bonds. The first kappa shape index (κ1) is 16.3. The molecule has 1 aromatic carbocycles. The second kappa shape index (κ2) is 8.38. The smallest absolute Gasteiger partial charge is 0.130 e. The number of hydrogen-bond donors (Lipinski definition) is 1. The number of nitrogens with one attached hydrogen (secondary N) is 1. The molecule has 21 heavy (non-hydrogen) atoms. The van der Waals surface area contributed by atoms with Crippen LogP contribution in [-0.4, -0.2) is 19.6 Å². The van der Waals surface area contributed by atoms with Gasteiger partial charge < -0.3 is 10.2 Å². The lowest BCUT2D eigenvalue weighted by molar-refractivity contribution is 0.518. The Kier molecular flexibility index (Phi) is 6.50. The maximum atomic E-state index is 14.4. The van der Waals surface area contributed by atoms with Crippen molar-refractivity contribution >= 4 is 5.69 Å². The van der Waals surface area contributed by atoms with Crippen molar-refractivity contribution in [2.45, 2.75) is 58.4 Å². The number of halogens is 1. The Morgan fingerprint density at radius 1 is 1.14 bits per heavy atom. The van der Waals surface area contributed by atoms with E-state index >= 15 is 0 Å². The summed E-state index contributed by atoms with van der Waals surface area (Å²) in [4.78, 5) is 2.39. The largest absolute Gasteiger partial charge is 0.371 e. The van der Waals surface area contributed by atoms with E-state index in [4.69, 9.17) is 0 Å². The van der Waals surface area contributed by atoms with E-state index in [-0.39, 0.29) is 11.9 Å². The SMILES string of the molecule is CCCNC(C)c1c(F)cccc1N1CCCCCCC1. The zero-order valence-electron chi connectivity index (χ0n) is 13.5. The van der Waals surface area contributed by atoms with E-state index in [2.05, 4.69) is 30.1 Å². The number of anilines is 1. The summed E-state index contributed by atoms with van der Waals surface area (Å²) in [6, 6.07) is 5.59. The molecule has 1 saturated heterocycles. The highest BCUT2D eigenvalue weighted by Crippen LogP contribution is 2.30. The van der Waals surface area contributed by atoms with Crippen molar-refractivity contribution in [1.82, 2.24) is 5.32 Å². The van der Waals surface area contributed by atoms with Crippen molar-refractivity contribution in [3.05, 3.63) is 29.6 Å². The van der Waals surface area contributed by atoms with Crippen LogP contribution in [0, 0.1) is 5.82 Å². The molecule has 0 spiro atoms. The molecule has 0 aromatic heterocycles. The first-order valence-electron chi connectivity index (χ1n) is 8.50. The number of rotatable bonds is 5. The fourth-order valence-electron chi connectivity index (χ4n) is 3.18. The molecule has 1 N–H and O–H groups in total. The molecule has 0 aliphatic carbocycles. The van der Waals surface area contributed by atoms with Gasteiger partial charge in [-0.3, -0.25) is 0 Å². The van der Waals surface area contributed by atoms with E-state index < -0.39 is 0 Å². The molecule has 3 heteroatoms. The summed E-state index contributed by atoms with van der Waals surface area (Å²) in [6.07, 6.45) is 7.44. The molecule has 2 rings (SSSR count). The Balaban J connectivity index is 2.22. The van der Waals surface area contributed by atoms with Crippen LogP contribution in [0.25, 0.3) is 0 Å². The highest BCUT2D eigenvalue weighted by atomic mass is 19.1. The van der Waals surface area contributed by atoms with Gasteiger partial charge in [0.15, 0.2) is 0 Å². The molecule has 1 aliphatic rings. The Hall–Kier alpha value is -1.09. The van der Waals surface area contributed by atoms with Crippen LogP contribution in [0.4, 0.5) is 10.1 Å². The zero-order valence-corrected chi connectivity index (χ0v) is 13.5. The summed E-state index contributed by atoms with van der Waals surface area (Å²) in [6.45, 7) is 7.24.